The molecule has 7 atom stereocenters. The summed E-state index contributed by atoms with van der Waals surface area (Å²) < 4.78 is 43.8. The molecule has 0 saturated heterocycles. The van der Waals surface area contributed by atoms with Crippen molar-refractivity contribution in [2.75, 3.05) is 52.9 Å². The standard InChI is InChI=1S/C12H27NO2.C10H24N2O2.C10H23NO2.C9H21NO2/c1-6-10(3)8-14-12(4,5)15-9-11(13)7-2;1-4-9(11)6-13-8(3)14-7-10(12)5-2;1-8(2)6-12-10(4,5)13-7-9(3)11;1-7(2)5-11-9(4)12-6-8(3)10/h10-11H,6-9,13H2,1-5H3;8-10H,4-7,11-12H2,1-3H3;8-9H,6-7,11H2,1-5H3;7-9H,5-6,10H2,1-4H3. The normalized spacial score (nSPS) is 16.4. The maximum Gasteiger partial charge on any atom is 0.162 e. The second-order valence-electron chi connectivity index (χ2n) is 16.3. The van der Waals surface area contributed by atoms with Crippen molar-refractivity contribution in [2.45, 2.75) is 198 Å². The second-order valence-corrected chi connectivity index (χ2v) is 16.3. The average Bonchev–Trinajstić information content (AvgIpc) is 3.11. The van der Waals surface area contributed by atoms with Crippen LogP contribution in [0, 0.1) is 17.8 Å². The Morgan fingerprint density at radius 1 is 0.370 bits per heavy atom. The molecule has 0 aliphatic heterocycles. The molecule has 13 nitrogen and oxygen atoms in total. The van der Waals surface area contributed by atoms with E-state index in [2.05, 4.69) is 48.5 Å². The summed E-state index contributed by atoms with van der Waals surface area (Å²) >= 11 is 0. The molecule has 7 unspecified atom stereocenters. The van der Waals surface area contributed by atoms with Gasteiger partial charge in [-0.05, 0) is 92.4 Å². The van der Waals surface area contributed by atoms with Crippen molar-refractivity contribution in [1.29, 1.82) is 0 Å². The van der Waals surface area contributed by atoms with Gasteiger partial charge in [-0.2, -0.15) is 0 Å². The summed E-state index contributed by atoms with van der Waals surface area (Å²) in [7, 11) is 0. The van der Waals surface area contributed by atoms with E-state index in [0.717, 1.165) is 38.9 Å². The van der Waals surface area contributed by atoms with Crippen molar-refractivity contribution in [3.05, 3.63) is 0 Å². The lowest BCUT2D eigenvalue weighted by molar-refractivity contribution is -0.220. The number of ether oxygens (including phenoxy) is 8. The van der Waals surface area contributed by atoms with E-state index in [0.29, 0.717) is 57.4 Å². The molecule has 0 heterocycles. The molecule has 54 heavy (non-hydrogen) atoms. The smallest absolute Gasteiger partial charge is 0.162 e. The Kier molecular flexibility index (Phi) is 41.0. The highest BCUT2D eigenvalue weighted by Gasteiger charge is 2.21. The number of nitrogens with two attached hydrogens (primary N) is 5. The van der Waals surface area contributed by atoms with E-state index in [1.807, 2.05) is 69.2 Å². The average molecular weight is 786 g/mol. The van der Waals surface area contributed by atoms with E-state index < -0.39 is 11.6 Å². The summed E-state index contributed by atoms with van der Waals surface area (Å²) in [6, 6.07) is 0.440. The minimum atomic E-state index is -0.518. The van der Waals surface area contributed by atoms with Gasteiger partial charge >= 0.3 is 0 Å². The molecule has 0 aromatic heterocycles. The Bertz CT molecular complexity index is 722. The first-order valence-electron chi connectivity index (χ1n) is 20.7. The van der Waals surface area contributed by atoms with Crippen molar-refractivity contribution >= 4 is 0 Å². The van der Waals surface area contributed by atoms with E-state index in [-0.39, 0.29) is 42.8 Å². The summed E-state index contributed by atoms with van der Waals surface area (Å²) in [6.45, 7) is 39.1. The van der Waals surface area contributed by atoms with Gasteiger partial charge in [-0.15, -0.1) is 0 Å². The number of hydrogen-bond acceptors (Lipinski definition) is 13. The van der Waals surface area contributed by atoms with Gasteiger partial charge in [0.1, 0.15) is 0 Å². The minimum Gasteiger partial charge on any atom is -0.353 e. The van der Waals surface area contributed by atoms with Crippen molar-refractivity contribution in [1.82, 2.24) is 0 Å². The van der Waals surface area contributed by atoms with E-state index >= 15 is 0 Å². The summed E-state index contributed by atoms with van der Waals surface area (Å²) in [5.41, 5.74) is 28.3. The van der Waals surface area contributed by atoms with Crippen LogP contribution in [-0.4, -0.2) is 107 Å². The van der Waals surface area contributed by atoms with Gasteiger partial charge in [0, 0.05) is 30.2 Å². The summed E-state index contributed by atoms with van der Waals surface area (Å²) in [5.74, 6) is 0.617. The lowest BCUT2D eigenvalue weighted by Gasteiger charge is -2.28. The van der Waals surface area contributed by atoms with Crippen molar-refractivity contribution in [2.24, 2.45) is 46.4 Å². The molecule has 0 bridgehead atoms. The number of hydrogen-bond donors (Lipinski definition) is 5. The van der Waals surface area contributed by atoms with Gasteiger partial charge in [0.25, 0.3) is 0 Å². The Balaban J connectivity index is -0.000000310. The zero-order valence-corrected chi connectivity index (χ0v) is 38.4. The minimum absolute atomic E-state index is 0.0573. The van der Waals surface area contributed by atoms with Crippen LogP contribution in [0.25, 0.3) is 0 Å². The molecule has 13 heteroatoms. The molecule has 0 saturated carbocycles. The van der Waals surface area contributed by atoms with E-state index in [1.54, 1.807) is 0 Å². The second kappa shape index (κ2) is 36.8. The topological polar surface area (TPSA) is 204 Å². The Morgan fingerprint density at radius 2 is 0.685 bits per heavy atom. The Labute approximate surface area is 334 Å². The van der Waals surface area contributed by atoms with Crippen LogP contribution >= 0.6 is 0 Å². The molecular weight excluding hydrogens is 690 g/mol. The van der Waals surface area contributed by atoms with Gasteiger partial charge in [0.2, 0.25) is 0 Å². The first-order valence-corrected chi connectivity index (χ1v) is 20.7. The highest BCUT2D eigenvalue weighted by atomic mass is 16.7. The maximum atomic E-state index is 5.78. The molecule has 10 N–H and O–H groups in total. The van der Waals surface area contributed by atoms with Crippen LogP contribution in [0.3, 0.4) is 0 Å². The fourth-order valence-electron chi connectivity index (χ4n) is 3.13. The van der Waals surface area contributed by atoms with Crippen LogP contribution in [0.1, 0.15) is 143 Å². The summed E-state index contributed by atoms with van der Waals surface area (Å²) in [6.07, 6.45) is 3.54. The van der Waals surface area contributed by atoms with Crippen LogP contribution in [0.4, 0.5) is 0 Å². The zero-order valence-electron chi connectivity index (χ0n) is 38.4. The third-order valence-corrected chi connectivity index (χ3v) is 7.44. The van der Waals surface area contributed by atoms with Gasteiger partial charge in [-0.1, -0.05) is 68.7 Å². The highest BCUT2D eigenvalue weighted by molar-refractivity contribution is 4.62. The third-order valence-electron chi connectivity index (χ3n) is 7.44. The molecule has 0 radical (unpaired) electrons. The van der Waals surface area contributed by atoms with Crippen molar-refractivity contribution in [3.63, 3.8) is 0 Å². The van der Waals surface area contributed by atoms with Crippen LogP contribution < -0.4 is 28.7 Å². The van der Waals surface area contributed by atoms with Gasteiger partial charge in [0.05, 0.1) is 52.9 Å². The first kappa shape index (κ1) is 60.2. The first-order chi connectivity index (χ1) is 24.9. The molecule has 0 rings (SSSR count). The molecule has 0 fully saturated rings. The van der Waals surface area contributed by atoms with Crippen LogP contribution in [-0.2, 0) is 37.9 Å². The fourth-order valence-corrected chi connectivity index (χ4v) is 3.13. The van der Waals surface area contributed by atoms with E-state index in [1.165, 1.54) is 0 Å². The van der Waals surface area contributed by atoms with Gasteiger partial charge in [0.15, 0.2) is 24.2 Å². The Hall–Kier alpha value is -0.520. The monoisotopic (exact) mass is 786 g/mol. The van der Waals surface area contributed by atoms with Gasteiger partial charge < -0.3 is 66.6 Å². The lowest BCUT2D eigenvalue weighted by atomic mass is 10.1. The Morgan fingerprint density at radius 3 is 1.04 bits per heavy atom. The van der Waals surface area contributed by atoms with Crippen molar-refractivity contribution < 1.29 is 37.9 Å². The molecule has 0 amide bonds. The molecule has 0 aromatic rings. The molecule has 332 valence electrons. The van der Waals surface area contributed by atoms with Crippen LogP contribution in [0.15, 0.2) is 0 Å². The lowest BCUT2D eigenvalue weighted by Crippen LogP contribution is -2.36. The van der Waals surface area contributed by atoms with Crippen LogP contribution in [0.5, 0.6) is 0 Å². The largest absolute Gasteiger partial charge is 0.353 e. The van der Waals surface area contributed by atoms with Gasteiger partial charge in [-0.25, -0.2) is 0 Å². The van der Waals surface area contributed by atoms with Gasteiger partial charge in [-0.3, -0.25) is 0 Å². The molecule has 0 spiro atoms. The maximum absolute atomic E-state index is 5.78. The molecule has 0 aliphatic rings. The predicted molar refractivity (Wildman–Crippen MR) is 226 cm³/mol. The number of rotatable bonds is 28. The highest BCUT2D eigenvalue weighted by Crippen LogP contribution is 2.15. The van der Waals surface area contributed by atoms with E-state index in [4.69, 9.17) is 66.6 Å². The zero-order chi connectivity index (χ0) is 42.9. The van der Waals surface area contributed by atoms with Crippen molar-refractivity contribution in [3.8, 4) is 0 Å². The molecule has 0 aliphatic carbocycles. The molecule has 0 aromatic carbocycles. The van der Waals surface area contributed by atoms with E-state index in [9.17, 15) is 0 Å². The molecular formula is C41H95N5O8. The predicted octanol–water partition coefficient (Wildman–Crippen LogP) is 6.51. The SMILES string of the molecule is CC(C)COC(C)(C)OCC(C)N.CC(C)COC(C)OCC(C)N.CCC(C)COC(C)(C)OCC(N)CC.CCC(N)COC(C)OCC(N)CC. The third kappa shape index (κ3) is 49.5. The quantitative estimate of drug-likeness (QED) is 0.0538. The fraction of sp³-hybridized carbons (Fsp3) is 1.00. The summed E-state index contributed by atoms with van der Waals surface area (Å²) in [5, 5.41) is 0. The van der Waals surface area contributed by atoms with Crippen LogP contribution in [0.2, 0.25) is 0 Å². The summed E-state index contributed by atoms with van der Waals surface area (Å²) in [4.78, 5) is 0.